The summed E-state index contributed by atoms with van der Waals surface area (Å²) in [4.78, 5) is 13.6. The molecule has 1 aromatic rings. The first-order valence-electron chi connectivity index (χ1n) is 7.82. The lowest BCUT2D eigenvalue weighted by Crippen LogP contribution is -2.39. The number of benzene rings is 1. The molecular formula is C17H24N2O. The highest BCUT2D eigenvalue weighted by atomic mass is 16.2. The monoisotopic (exact) mass is 272 g/mol. The maximum atomic E-state index is 11.6. The van der Waals surface area contributed by atoms with Crippen LogP contribution in [0.4, 0.5) is 0 Å². The number of rotatable bonds is 6. The number of carbonyl (C=O) groups excluding carboxylic acids is 1. The van der Waals surface area contributed by atoms with E-state index >= 15 is 0 Å². The zero-order valence-electron chi connectivity index (χ0n) is 12.3. The molecule has 1 saturated heterocycles. The Morgan fingerprint density at radius 2 is 2.05 bits per heavy atom. The topological polar surface area (TPSA) is 32.3 Å². The van der Waals surface area contributed by atoms with Crippen molar-refractivity contribution >= 4 is 5.91 Å². The van der Waals surface area contributed by atoms with Crippen molar-refractivity contribution in [3.8, 4) is 0 Å². The van der Waals surface area contributed by atoms with Gasteiger partial charge < -0.3 is 10.2 Å². The summed E-state index contributed by atoms with van der Waals surface area (Å²) >= 11 is 0. The molecule has 1 atom stereocenters. The molecule has 1 unspecified atom stereocenters. The standard InChI is InChI=1S/C17H24N2O/c1-13(12-19-10-2-3-17(19)20)18-11-14-4-6-15(7-5-14)16-8-9-16/h4-7,13,16,18H,2-3,8-12H2,1H3. The summed E-state index contributed by atoms with van der Waals surface area (Å²) in [6, 6.07) is 9.34. The van der Waals surface area contributed by atoms with Gasteiger partial charge in [-0.2, -0.15) is 0 Å². The fourth-order valence-electron chi connectivity index (χ4n) is 2.91. The van der Waals surface area contributed by atoms with Crippen LogP contribution in [0, 0.1) is 0 Å². The molecule has 1 saturated carbocycles. The van der Waals surface area contributed by atoms with Crippen LogP contribution in [0.2, 0.25) is 0 Å². The Labute approximate surface area is 121 Å². The van der Waals surface area contributed by atoms with Crippen LogP contribution in [0.1, 0.15) is 49.7 Å². The summed E-state index contributed by atoms with van der Waals surface area (Å²) in [7, 11) is 0. The van der Waals surface area contributed by atoms with Crippen molar-refractivity contribution in [1.82, 2.24) is 10.2 Å². The van der Waals surface area contributed by atoms with E-state index in [1.54, 1.807) is 0 Å². The molecule has 108 valence electrons. The Morgan fingerprint density at radius 1 is 1.30 bits per heavy atom. The van der Waals surface area contributed by atoms with Crippen molar-refractivity contribution in [2.24, 2.45) is 0 Å². The van der Waals surface area contributed by atoms with E-state index in [1.807, 2.05) is 4.90 Å². The highest BCUT2D eigenvalue weighted by Gasteiger charge is 2.23. The number of nitrogens with zero attached hydrogens (tertiary/aromatic N) is 1. The van der Waals surface area contributed by atoms with Crippen molar-refractivity contribution in [1.29, 1.82) is 0 Å². The van der Waals surface area contributed by atoms with E-state index in [9.17, 15) is 4.79 Å². The number of hydrogen-bond donors (Lipinski definition) is 1. The number of carbonyl (C=O) groups is 1. The first-order valence-corrected chi connectivity index (χ1v) is 7.82. The van der Waals surface area contributed by atoms with Crippen LogP contribution >= 0.6 is 0 Å². The van der Waals surface area contributed by atoms with Crippen LogP contribution in [-0.2, 0) is 11.3 Å². The molecule has 20 heavy (non-hydrogen) atoms. The maximum Gasteiger partial charge on any atom is 0.222 e. The summed E-state index contributed by atoms with van der Waals surface area (Å²) in [5.41, 5.74) is 2.82. The highest BCUT2D eigenvalue weighted by molar-refractivity contribution is 5.78. The van der Waals surface area contributed by atoms with E-state index < -0.39 is 0 Å². The molecule has 1 aliphatic carbocycles. The fourth-order valence-corrected chi connectivity index (χ4v) is 2.91. The molecule has 0 aromatic heterocycles. The highest BCUT2D eigenvalue weighted by Crippen LogP contribution is 2.39. The minimum Gasteiger partial charge on any atom is -0.341 e. The number of hydrogen-bond acceptors (Lipinski definition) is 2. The van der Waals surface area contributed by atoms with Crippen LogP contribution in [0.15, 0.2) is 24.3 Å². The average Bonchev–Trinajstić information content (AvgIpc) is 3.23. The molecule has 3 heteroatoms. The van der Waals surface area contributed by atoms with Crippen LogP contribution < -0.4 is 5.32 Å². The van der Waals surface area contributed by atoms with Gasteiger partial charge in [0.2, 0.25) is 5.91 Å². The van der Waals surface area contributed by atoms with Crippen molar-refractivity contribution < 1.29 is 4.79 Å². The molecule has 1 aliphatic heterocycles. The van der Waals surface area contributed by atoms with Gasteiger partial charge in [0.05, 0.1) is 0 Å². The Morgan fingerprint density at radius 3 is 2.65 bits per heavy atom. The summed E-state index contributed by atoms with van der Waals surface area (Å²) < 4.78 is 0. The predicted molar refractivity (Wildman–Crippen MR) is 80.5 cm³/mol. The molecule has 1 heterocycles. The van der Waals surface area contributed by atoms with Crippen molar-refractivity contribution in [2.45, 2.75) is 51.1 Å². The molecule has 1 aromatic carbocycles. The molecule has 2 fully saturated rings. The van der Waals surface area contributed by atoms with Gasteiger partial charge in [-0.1, -0.05) is 24.3 Å². The second-order valence-electron chi connectivity index (χ2n) is 6.24. The second-order valence-corrected chi connectivity index (χ2v) is 6.24. The Kier molecular flexibility index (Phi) is 4.06. The lowest BCUT2D eigenvalue weighted by molar-refractivity contribution is -0.127. The third kappa shape index (κ3) is 3.40. The van der Waals surface area contributed by atoms with Gasteiger partial charge in [0, 0.05) is 32.1 Å². The largest absolute Gasteiger partial charge is 0.341 e. The summed E-state index contributed by atoms with van der Waals surface area (Å²) in [6.07, 6.45) is 4.47. The molecule has 1 N–H and O–H groups in total. The van der Waals surface area contributed by atoms with Crippen LogP contribution in [0.25, 0.3) is 0 Å². The van der Waals surface area contributed by atoms with Gasteiger partial charge in [0.1, 0.15) is 0 Å². The molecule has 3 nitrogen and oxygen atoms in total. The molecule has 3 rings (SSSR count). The first kappa shape index (κ1) is 13.6. The fraction of sp³-hybridized carbons (Fsp3) is 0.588. The minimum atomic E-state index is 0.312. The molecule has 0 radical (unpaired) electrons. The van der Waals surface area contributed by atoms with Gasteiger partial charge in [-0.25, -0.2) is 0 Å². The smallest absolute Gasteiger partial charge is 0.222 e. The zero-order valence-corrected chi connectivity index (χ0v) is 12.3. The Hall–Kier alpha value is -1.35. The minimum absolute atomic E-state index is 0.312. The van der Waals surface area contributed by atoms with E-state index in [2.05, 4.69) is 36.5 Å². The van der Waals surface area contributed by atoms with E-state index in [1.165, 1.54) is 24.0 Å². The summed E-state index contributed by atoms with van der Waals surface area (Å²) in [6.45, 7) is 4.80. The van der Waals surface area contributed by atoms with Crippen LogP contribution in [-0.4, -0.2) is 29.9 Å². The number of nitrogens with one attached hydrogen (secondary N) is 1. The van der Waals surface area contributed by atoms with Gasteiger partial charge in [-0.15, -0.1) is 0 Å². The third-order valence-corrected chi connectivity index (χ3v) is 4.35. The van der Waals surface area contributed by atoms with Crippen molar-refractivity contribution in [2.75, 3.05) is 13.1 Å². The van der Waals surface area contributed by atoms with Crippen LogP contribution in [0.3, 0.4) is 0 Å². The van der Waals surface area contributed by atoms with E-state index in [4.69, 9.17) is 0 Å². The predicted octanol–water partition coefficient (Wildman–Crippen LogP) is 2.66. The second kappa shape index (κ2) is 5.96. The zero-order chi connectivity index (χ0) is 13.9. The lowest BCUT2D eigenvalue weighted by atomic mass is 10.1. The Bertz CT molecular complexity index is 464. The lowest BCUT2D eigenvalue weighted by Gasteiger charge is -2.21. The van der Waals surface area contributed by atoms with Gasteiger partial charge in [-0.05, 0) is 43.2 Å². The van der Waals surface area contributed by atoms with Gasteiger partial charge in [-0.3, -0.25) is 4.79 Å². The maximum absolute atomic E-state index is 11.6. The molecule has 0 spiro atoms. The molecule has 1 amide bonds. The van der Waals surface area contributed by atoms with Crippen LogP contribution in [0.5, 0.6) is 0 Å². The van der Waals surface area contributed by atoms with E-state index in [-0.39, 0.29) is 0 Å². The average molecular weight is 272 g/mol. The Balaban J connectivity index is 1.44. The third-order valence-electron chi connectivity index (χ3n) is 4.35. The van der Waals surface area contributed by atoms with Gasteiger partial charge in [0.25, 0.3) is 0 Å². The van der Waals surface area contributed by atoms with E-state index in [0.29, 0.717) is 11.9 Å². The van der Waals surface area contributed by atoms with E-state index in [0.717, 1.165) is 38.4 Å². The first-order chi connectivity index (χ1) is 9.72. The summed E-state index contributed by atoms with van der Waals surface area (Å²) in [5.74, 6) is 1.14. The SMILES string of the molecule is CC(CN1CCCC1=O)NCc1ccc(C2CC2)cc1. The van der Waals surface area contributed by atoms with Gasteiger partial charge >= 0.3 is 0 Å². The van der Waals surface area contributed by atoms with Crippen molar-refractivity contribution in [3.05, 3.63) is 35.4 Å². The number of likely N-dealkylation sites (tertiary alicyclic amines) is 1. The quantitative estimate of drug-likeness (QED) is 0.863. The molecule has 2 aliphatic rings. The van der Waals surface area contributed by atoms with Gasteiger partial charge in [0.15, 0.2) is 0 Å². The number of amides is 1. The normalized spacial score (nSPS) is 20.4. The summed E-state index contributed by atoms with van der Waals surface area (Å²) in [5, 5.41) is 3.52. The molecule has 0 bridgehead atoms. The molecular weight excluding hydrogens is 248 g/mol. The van der Waals surface area contributed by atoms with Crippen molar-refractivity contribution in [3.63, 3.8) is 0 Å².